The molecule has 2 aromatic carbocycles. The van der Waals surface area contributed by atoms with Crippen molar-refractivity contribution < 1.29 is 4.79 Å². The molecule has 5 atom stereocenters. The Hall–Kier alpha value is -2.29. The molecule has 1 aliphatic heterocycles. The number of nitrogens with one attached hydrogen (secondary N) is 2. The number of hydrogen-bond donors (Lipinski definition) is 2. The van der Waals surface area contributed by atoms with Crippen molar-refractivity contribution in [3.05, 3.63) is 65.2 Å². The van der Waals surface area contributed by atoms with Gasteiger partial charge in [0.2, 0.25) is 0 Å². The molecule has 3 nitrogen and oxygen atoms in total. The molecule has 2 saturated carbocycles. The van der Waals surface area contributed by atoms with Gasteiger partial charge in [0, 0.05) is 17.8 Å². The van der Waals surface area contributed by atoms with Gasteiger partial charge < -0.3 is 10.6 Å². The van der Waals surface area contributed by atoms with Gasteiger partial charge in [0.25, 0.3) is 5.91 Å². The zero-order valence-electron chi connectivity index (χ0n) is 15.2. The summed E-state index contributed by atoms with van der Waals surface area (Å²) in [4.78, 5) is 12.3. The van der Waals surface area contributed by atoms with E-state index in [-0.39, 0.29) is 5.91 Å². The molecule has 0 unspecified atom stereocenters. The summed E-state index contributed by atoms with van der Waals surface area (Å²) >= 11 is 0. The van der Waals surface area contributed by atoms with E-state index in [1.54, 1.807) is 0 Å². The van der Waals surface area contributed by atoms with Crippen molar-refractivity contribution in [2.45, 2.75) is 38.1 Å². The average molecular weight is 346 g/mol. The minimum absolute atomic E-state index is 0.0418. The van der Waals surface area contributed by atoms with Gasteiger partial charge in [-0.25, -0.2) is 0 Å². The van der Waals surface area contributed by atoms with Crippen LogP contribution in [0.3, 0.4) is 0 Å². The lowest BCUT2D eigenvalue weighted by molar-refractivity contribution is 0.0955. The second kappa shape index (κ2) is 6.15. The molecule has 2 aromatic rings. The summed E-state index contributed by atoms with van der Waals surface area (Å²) in [5.41, 5.74) is 4.79. The van der Waals surface area contributed by atoms with Crippen molar-refractivity contribution >= 4 is 11.6 Å². The van der Waals surface area contributed by atoms with Gasteiger partial charge in [0.1, 0.15) is 0 Å². The third-order valence-corrected chi connectivity index (χ3v) is 6.85. The summed E-state index contributed by atoms with van der Waals surface area (Å²) in [6.45, 7) is 2.63. The Bertz CT molecular complexity index is 831. The monoisotopic (exact) mass is 346 g/mol. The number of benzene rings is 2. The summed E-state index contributed by atoms with van der Waals surface area (Å²) in [5.74, 6) is 2.86. The highest BCUT2D eigenvalue weighted by Gasteiger charge is 2.53. The highest BCUT2D eigenvalue weighted by molar-refractivity contribution is 5.95. The van der Waals surface area contributed by atoms with E-state index in [0.717, 1.165) is 17.4 Å². The molecule has 26 heavy (non-hydrogen) atoms. The zero-order valence-corrected chi connectivity index (χ0v) is 15.2. The summed E-state index contributed by atoms with van der Waals surface area (Å²) in [5, 5.41) is 6.77. The Morgan fingerprint density at radius 1 is 1.12 bits per heavy atom. The van der Waals surface area contributed by atoms with Crippen LogP contribution in [-0.4, -0.2) is 12.5 Å². The van der Waals surface area contributed by atoms with Crippen LogP contribution in [0.1, 0.15) is 59.6 Å². The summed E-state index contributed by atoms with van der Waals surface area (Å²) in [6.07, 6.45) is 4.06. The van der Waals surface area contributed by atoms with E-state index >= 15 is 0 Å². The molecule has 1 amide bonds. The maximum absolute atomic E-state index is 12.3. The first-order valence-electron chi connectivity index (χ1n) is 10.00. The molecule has 2 fully saturated rings. The fourth-order valence-corrected chi connectivity index (χ4v) is 5.88. The first kappa shape index (κ1) is 15.9. The molecule has 3 aliphatic rings. The molecule has 2 bridgehead atoms. The van der Waals surface area contributed by atoms with Crippen LogP contribution in [0, 0.1) is 17.8 Å². The molecule has 134 valence electrons. The topological polar surface area (TPSA) is 41.1 Å². The van der Waals surface area contributed by atoms with Gasteiger partial charge >= 0.3 is 0 Å². The number of anilines is 1. The molecule has 0 aromatic heterocycles. The van der Waals surface area contributed by atoms with Gasteiger partial charge in [-0.05, 0) is 79.2 Å². The number of carbonyl (C=O) groups is 1. The van der Waals surface area contributed by atoms with Gasteiger partial charge in [0.15, 0.2) is 0 Å². The third-order valence-electron chi connectivity index (χ3n) is 6.85. The predicted molar refractivity (Wildman–Crippen MR) is 104 cm³/mol. The second-order valence-electron chi connectivity index (χ2n) is 8.13. The molecule has 2 N–H and O–H groups in total. The van der Waals surface area contributed by atoms with E-state index in [1.807, 2.05) is 13.0 Å². The number of fused-ring (bicyclic) bond motifs is 7. The summed E-state index contributed by atoms with van der Waals surface area (Å²) < 4.78 is 0. The minimum atomic E-state index is 0.0418. The van der Waals surface area contributed by atoms with Gasteiger partial charge in [-0.15, -0.1) is 0 Å². The van der Waals surface area contributed by atoms with E-state index in [1.165, 1.54) is 36.1 Å². The molecule has 0 spiro atoms. The van der Waals surface area contributed by atoms with Gasteiger partial charge in [-0.2, -0.15) is 0 Å². The highest BCUT2D eigenvalue weighted by atomic mass is 16.1. The van der Waals surface area contributed by atoms with Crippen LogP contribution in [0.4, 0.5) is 5.69 Å². The smallest absolute Gasteiger partial charge is 0.251 e. The lowest BCUT2D eigenvalue weighted by Gasteiger charge is -2.43. The van der Waals surface area contributed by atoms with Gasteiger partial charge in [-0.3, -0.25) is 4.79 Å². The summed E-state index contributed by atoms with van der Waals surface area (Å²) in [7, 11) is 0. The van der Waals surface area contributed by atoms with Crippen molar-refractivity contribution in [3.8, 4) is 0 Å². The number of hydrogen-bond acceptors (Lipinski definition) is 2. The van der Waals surface area contributed by atoms with Crippen molar-refractivity contribution in [2.75, 3.05) is 11.9 Å². The number of amides is 1. The fourth-order valence-electron chi connectivity index (χ4n) is 5.88. The highest BCUT2D eigenvalue weighted by Crippen LogP contribution is 2.63. The van der Waals surface area contributed by atoms with E-state index < -0.39 is 0 Å². The van der Waals surface area contributed by atoms with Crippen molar-refractivity contribution in [1.29, 1.82) is 0 Å². The normalized spacial score (nSPS) is 31.0. The average Bonchev–Trinajstić information content (AvgIpc) is 3.30. The largest absolute Gasteiger partial charge is 0.378 e. The van der Waals surface area contributed by atoms with Crippen LogP contribution in [0.2, 0.25) is 0 Å². The molecule has 3 heteroatoms. The lowest BCUT2D eigenvalue weighted by atomic mass is 9.68. The Morgan fingerprint density at radius 3 is 2.73 bits per heavy atom. The minimum Gasteiger partial charge on any atom is -0.378 e. The summed E-state index contributed by atoms with van der Waals surface area (Å²) in [6, 6.07) is 17.5. The molecule has 0 saturated heterocycles. The Labute approximate surface area is 155 Å². The first-order chi connectivity index (χ1) is 12.8. The Balaban J connectivity index is 1.58. The van der Waals surface area contributed by atoms with Gasteiger partial charge in [0.05, 0.1) is 6.04 Å². The molecule has 2 aliphatic carbocycles. The molecular formula is C23H26N2O. The maximum Gasteiger partial charge on any atom is 0.251 e. The Morgan fingerprint density at radius 2 is 1.92 bits per heavy atom. The van der Waals surface area contributed by atoms with Crippen molar-refractivity contribution in [2.24, 2.45) is 17.8 Å². The fraction of sp³-hybridized carbons (Fsp3) is 0.435. The van der Waals surface area contributed by atoms with Crippen LogP contribution >= 0.6 is 0 Å². The third kappa shape index (κ3) is 2.37. The lowest BCUT2D eigenvalue weighted by Crippen LogP contribution is -2.35. The quantitative estimate of drug-likeness (QED) is 0.843. The standard InChI is InChI=1S/C23H26N2O/c1-2-24-23(26)17-10-11-19-18(13-17)20-15-8-9-16(12-15)21(20)22(25-19)14-6-4-3-5-7-14/h3-7,10-11,13,15-16,20-22,25H,2,8-9,12H2,1H3,(H,24,26)/t15-,16-,20+,21+,22+/m1/s1. The molecular weight excluding hydrogens is 320 g/mol. The van der Waals surface area contributed by atoms with Crippen molar-refractivity contribution in [1.82, 2.24) is 5.32 Å². The Kier molecular flexibility index (Phi) is 3.77. The zero-order chi connectivity index (χ0) is 17.7. The van der Waals surface area contributed by atoms with Crippen LogP contribution < -0.4 is 10.6 Å². The van der Waals surface area contributed by atoms with E-state index in [4.69, 9.17) is 0 Å². The maximum atomic E-state index is 12.3. The van der Waals surface area contributed by atoms with Crippen LogP contribution in [0.25, 0.3) is 0 Å². The van der Waals surface area contributed by atoms with Crippen molar-refractivity contribution in [3.63, 3.8) is 0 Å². The second-order valence-corrected chi connectivity index (χ2v) is 8.13. The first-order valence-corrected chi connectivity index (χ1v) is 10.00. The van der Waals surface area contributed by atoms with E-state index in [0.29, 0.717) is 24.4 Å². The van der Waals surface area contributed by atoms with Crippen LogP contribution in [0.5, 0.6) is 0 Å². The van der Waals surface area contributed by atoms with Crippen LogP contribution in [0.15, 0.2) is 48.5 Å². The van der Waals surface area contributed by atoms with E-state index in [2.05, 4.69) is 53.1 Å². The molecule has 1 heterocycles. The molecule has 0 radical (unpaired) electrons. The van der Waals surface area contributed by atoms with E-state index in [9.17, 15) is 4.79 Å². The number of carbonyl (C=O) groups excluding carboxylic acids is 1. The predicted octanol–water partition coefficient (Wildman–Crippen LogP) is 4.73. The number of rotatable bonds is 3. The molecule has 5 rings (SSSR count). The van der Waals surface area contributed by atoms with Crippen LogP contribution in [-0.2, 0) is 0 Å². The SMILES string of the molecule is CCNC(=O)c1ccc2c(c1)[C@@H]1[C@@H]3CC[C@H](C3)[C@@H]1[C@H](c1ccccc1)N2. The van der Waals surface area contributed by atoms with Gasteiger partial charge in [-0.1, -0.05) is 30.3 Å².